The van der Waals surface area contributed by atoms with E-state index in [2.05, 4.69) is 15.6 Å². The zero-order chi connectivity index (χ0) is 15.9. The fraction of sp³-hybridized carbons (Fsp3) is 0.643. The summed E-state index contributed by atoms with van der Waals surface area (Å²) in [5.74, 6) is -0.112. The molecule has 1 aliphatic rings. The summed E-state index contributed by atoms with van der Waals surface area (Å²) in [6, 6.07) is 0. The standard InChI is InChI=1S/C14H23N5O2S.ClH/c1-10-9-22-14(17-10)18-12(20)8-19-6-2-3-11(7-19)13(21)16-5-4-15;/h9,11H,2-8,15H2,1H3,(H,16,21)(H,17,18,20);1H. The predicted octanol–water partition coefficient (Wildman–Crippen LogP) is 0.599. The lowest BCUT2D eigenvalue weighted by atomic mass is 9.97. The van der Waals surface area contributed by atoms with Crippen LogP contribution in [-0.2, 0) is 9.59 Å². The largest absolute Gasteiger partial charge is 0.355 e. The molecule has 9 heteroatoms. The number of rotatable bonds is 6. The number of piperidine rings is 1. The third-order valence-electron chi connectivity index (χ3n) is 3.55. The average molecular weight is 362 g/mol. The third kappa shape index (κ3) is 6.42. The van der Waals surface area contributed by atoms with Crippen molar-refractivity contribution in [3.05, 3.63) is 11.1 Å². The minimum Gasteiger partial charge on any atom is -0.355 e. The Hall–Kier alpha value is -1.22. The number of carbonyl (C=O) groups excluding carboxylic acids is 2. The van der Waals surface area contributed by atoms with Crippen molar-refractivity contribution >= 4 is 40.7 Å². The van der Waals surface area contributed by atoms with Crippen LogP contribution in [0, 0.1) is 12.8 Å². The highest BCUT2D eigenvalue weighted by molar-refractivity contribution is 7.13. The Balaban J connectivity index is 0.00000264. The number of nitrogens with two attached hydrogens (primary N) is 1. The van der Waals surface area contributed by atoms with Crippen LogP contribution in [0.3, 0.4) is 0 Å². The van der Waals surface area contributed by atoms with E-state index in [1.807, 2.05) is 17.2 Å². The number of nitrogens with one attached hydrogen (secondary N) is 2. The first-order valence-electron chi connectivity index (χ1n) is 7.50. The quantitative estimate of drug-likeness (QED) is 0.688. The van der Waals surface area contributed by atoms with Crippen LogP contribution in [0.4, 0.5) is 5.13 Å². The number of amides is 2. The Bertz CT molecular complexity index is 525. The van der Waals surface area contributed by atoms with Gasteiger partial charge in [-0.25, -0.2) is 4.98 Å². The van der Waals surface area contributed by atoms with Gasteiger partial charge in [0.25, 0.3) is 0 Å². The molecule has 7 nitrogen and oxygen atoms in total. The van der Waals surface area contributed by atoms with Gasteiger partial charge in [0, 0.05) is 25.0 Å². The summed E-state index contributed by atoms with van der Waals surface area (Å²) in [5.41, 5.74) is 6.29. The molecule has 0 aliphatic carbocycles. The molecule has 1 unspecified atom stereocenters. The van der Waals surface area contributed by atoms with Gasteiger partial charge in [-0.2, -0.15) is 0 Å². The summed E-state index contributed by atoms with van der Waals surface area (Å²) in [5, 5.41) is 8.14. The van der Waals surface area contributed by atoms with Crippen molar-refractivity contribution in [3.63, 3.8) is 0 Å². The Labute approximate surface area is 146 Å². The monoisotopic (exact) mass is 361 g/mol. The Kier molecular flexibility index (Phi) is 8.46. The molecule has 2 rings (SSSR count). The second kappa shape index (κ2) is 9.82. The van der Waals surface area contributed by atoms with Gasteiger partial charge in [0.2, 0.25) is 11.8 Å². The number of nitrogens with zero attached hydrogens (tertiary/aromatic N) is 2. The number of thiazole rings is 1. The molecule has 1 aliphatic heterocycles. The maximum absolute atomic E-state index is 12.0. The van der Waals surface area contributed by atoms with Gasteiger partial charge in [0.15, 0.2) is 5.13 Å². The van der Waals surface area contributed by atoms with Crippen molar-refractivity contribution in [3.8, 4) is 0 Å². The Morgan fingerprint density at radius 1 is 1.52 bits per heavy atom. The summed E-state index contributed by atoms with van der Waals surface area (Å²) in [6.45, 7) is 4.57. The second-order valence-corrected chi connectivity index (χ2v) is 6.35. The molecule has 1 fully saturated rings. The average Bonchev–Trinajstić information content (AvgIpc) is 2.90. The summed E-state index contributed by atoms with van der Waals surface area (Å²) in [7, 11) is 0. The highest BCUT2D eigenvalue weighted by Gasteiger charge is 2.26. The van der Waals surface area contributed by atoms with Gasteiger partial charge in [-0.1, -0.05) is 0 Å². The Morgan fingerprint density at radius 3 is 2.96 bits per heavy atom. The van der Waals surface area contributed by atoms with Crippen molar-refractivity contribution in [2.75, 3.05) is 38.0 Å². The molecule has 2 heterocycles. The smallest absolute Gasteiger partial charge is 0.240 e. The summed E-state index contributed by atoms with van der Waals surface area (Å²) < 4.78 is 0. The van der Waals surface area contributed by atoms with E-state index in [4.69, 9.17) is 5.73 Å². The van der Waals surface area contributed by atoms with Crippen LogP contribution in [0.25, 0.3) is 0 Å². The molecule has 4 N–H and O–H groups in total. The molecular weight excluding hydrogens is 338 g/mol. The fourth-order valence-corrected chi connectivity index (χ4v) is 3.23. The van der Waals surface area contributed by atoms with Crippen molar-refractivity contribution in [2.45, 2.75) is 19.8 Å². The van der Waals surface area contributed by atoms with Gasteiger partial charge in [-0.15, -0.1) is 23.7 Å². The molecule has 0 radical (unpaired) electrons. The molecule has 1 atom stereocenters. The normalized spacial score (nSPS) is 18.1. The number of aromatic nitrogens is 1. The summed E-state index contributed by atoms with van der Waals surface area (Å²) in [4.78, 5) is 30.2. The first kappa shape index (κ1) is 19.8. The number of anilines is 1. The molecule has 0 aromatic carbocycles. The predicted molar refractivity (Wildman–Crippen MR) is 94.0 cm³/mol. The lowest BCUT2D eigenvalue weighted by molar-refractivity contribution is -0.127. The minimum absolute atomic E-state index is 0. The minimum atomic E-state index is -0.0858. The van der Waals surface area contributed by atoms with E-state index in [1.165, 1.54) is 11.3 Å². The third-order valence-corrected chi connectivity index (χ3v) is 4.43. The highest BCUT2D eigenvalue weighted by Crippen LogP contribution is 2.17. The van der Waals surface area contributed by atoms with Crippen LogP contribution in [-0.4, -0.2) is 54.4 Å². The van der Waals surface area contributed by atoms with Gasteiger partial charge >= 0.3 is 0 Å². The maximum Gasteiger partial charge on any atom is 0.240 e. The second-order valence-electron chi connectivity index (χ2n) is 5.50. The van der Waals surface area contributed by atoms with Crippen LogP contribution in [0.15, 0.2) is 5.38 Å². The highest BCUT2D eigenvalue weighted by atomic mass is 35.5. The van der Waals surface area contributed by atoms with E-state index < -0.39 is 0 Å². The number of likely N-dealkylation sites (tertiary alicyclic amines) is 1. The van der Waals surface area contributed by atoms with Gasteiger partial charge in [0.05, 0.1) is 18.2 Å². The molecule has 1 saturated heterocycles. The molecule has 0 spiro atoms. The maximum atomic E-state index is 12.0. The van der Waals surface area contributed by atoms with Crippen LogP contribution >= 0.6 is 23.7 Å². The van der Waals surface area contributed by atoms with Crippen molar-refractivity contribution in [1.29, 1.82) is 0 Å². The number of hydrogen-bond acceptors (Lipinski definition) is 6. The molecular formula is C14H24ClN5O2S. The zero-order valence-corrected chi connectivity index (χ0v) is 14.8. The molecule has 23 heavy (non-hydrogen) atoms. The van der Waals surface area contributed by atoms with Gasteiger partial charge in [-0.05, 0) is 26.3 Å². The van der Waals surface area contributed by atoms with E-state index in [1.54, 1.807) is 0 Å². The SMILES string of the molecule is Cc1csc(NC(=O)CN2CCCC(C(=O)NCCN)C2)n1.Cl. The topological polar surface area (TPSA) is 100 Å². The van der Waals surface area contributed by atoms with E-state index in [-0.39, 0.29) is 30.1 Å². The molecule has 0 bridgehead atoms. The van der Waals surface area contributed by atoms with E-state index in [0.29, 0.717) is 31.3 Å². The molecule has 2 amide bonds. The van der Waals surface area contributed by atoms with Crippen molar-refractivity contribution in [2.24, 2.45) is 11.7 Å². The van der Waals surface area contributed by atoms with Gasteiger partial charge < -0.3 is 16.4 Å². The molecule has 130 valence electrons. The van der Waals surface area contributed by atoms with E-state index in [0.717, 1.165) is 25.1 Å². The molecule has 1 aromatic heterocycles. The van der Waals surface area contributed by atoms with Crippen LogP contribution in [0.1, 0.15) is 18.5 Å². The van der Waals surface area contributed by atoms with E-state index >= 15 is 0 Å². The summed E-state index contributed by atoms with van der Waals surface area (Å²) in [6.07, 6.45) is 1.78. The van der Waals surface area contributed by atoms with Crippen LogP contribution in [0.2, 0.25) is 0 Å². The lowest BCUT2D eigenvalue weighted by Gasteiger charge is -2.31. The fourth-order valence-electron chi connectivity index (χ4n) is 2.53. The molecule has 0 saturated carbocycles. The van der Waals surface area contributed by atoms with E-state index in [9.17, 15) is 9.59 Å². The molecule has 1 aromatic rings. The Morgan fingerprint density at radius 2 is 2.30 bits per heavy atom. The number of aryl methyl sites for hydroxylation is 1. The number of carbonyl (C=O) groups is 2. The first-order chi connectivity index (χ1) is 10.6. The van der Waals surface area contributed by atoms with Gasteiger partial charge in [0.1, 0.15) is 0 Å². The number of halogens is 1. The van der Waals surface area contributed by atoms with Gasteiger partial charge in [-0.3, -0.25) is 14.5 Å². The van der Waals surface area contributed by atoms with Crippen molar-refractivity contribution in [1.82, 2.24) is 15.2 Å². The lowest BCUT2D eigenvalue weighted by Crippen LogP contribution is -2.46. The van der Waals surface area contributed by atoms with Crippen LogP contribution in [0.5, 0.6) is 0 Å². The summed E-state index contributed by atoms with van der Waals surface area (Å²) >= 11 is 1.42. The zero-order valence-electron chi connectivity index (χ0n) is 13.2. The number of hydrogen-bond donors (Lipinski definition) is 3. The van der Waals surface area contributed by atoms with Crippen molar-refractivity contribution < 1.29 is 9.59 Å². The first-order valence-corrected chi connectivity index (χ1v) is 8.38. The van der Waals surface area contributed by atoms with Crippen LogP contribution < -0.4 is 16.4 Å².